The van der Waals surface area contributed by atoms with Crippen molar-refractivity contribution in [3.63, 3.8) is 0 Å². The van der Waals surface area contributed by atoms with Crippen LogP contribution in [-0.4, -0.2) is 54.5 Å². The molecule has 2 atom stereocenters. The Kier molecular flexibility index (Phi) is 6.26. The Morgan fingerprint density at radius 2 is 2.27 bits per heavy atom. The molecule has 5 heteroatoms. The Morgan fingerprint density at radius 3 is 3.00 bits per heavy atom. The molecule has 0 spiro atoms. The van der Waals surface area contributed by atoms with E-state index in [1.807, 2.05) is 30.3 Å². The number of carbonyl (C=O) groups is 1. The maximum absolute atomic E-state index is 12.2. The molecule has 1 fully saturated rings. The van der Waals surface area contributed by atoms with Crippen molar-refractivity contribution in [1.82, 2.24) is 10.2 Å². The number of rotatable bonds is 3. The van der Waals surface area contributed by atoms with Gasteiger partial charge in [0.05, 0.1) is 31.9 Å². The lowest BCUT2D eigenvalue weighted by Crippen LogP contribution is -2.53. The van der Waals surface area contributed by atoms with E-state index in [2.05, 4.69) is 17.2 Å². The summed E-state index contributed by atoms with van der Waals surface area (Å²) in [4.78, 5) is 13.9. The van der Waals surface area contributed by atoms with Crippen LogP contribution in [0.25, 0.3) is 0 Å². The lowest BCUT2D eigenvalue weighted by Gasteiger charge is -2.36. The van der Waals surface area contributed by atoms with E-state index in [9.17, 15) is 9.90 Å². The Morgan fingerprint density at radius 1 is 1.50 bits per heavy atom. The Labute approximate surface area is 131 Å². The first-order valence-corrected chi connectivity index (χ1v) is 7.51. The third-order valence-corrected chi connectivity index (χ3v) is 3.44. The molecule has 0 unspecified atom stereocenters. The molecule has 2 N–H and O–H groups in total. The van der Waals surface area contributed by atoms with Gasteiger partial charge in [-0.3, -0.25) is 0 Å². The SMILES string of the molecule is C[C@H](O)C[C@H]1COCCN1C(=O)NCC#Cc1ccccc1. The standard InChI is InChI=1S/C17H22N2O3/c1-14(20)12-16-13-22-11-10-19(16)17(21)18-9-5-8-15-6-3-2-4-7-15/h2-4,6-7,14,16,20H,9-13H2,1H3,(H,18,21)/t14-,16-/m0/s1. The monoisotopic (exact) mass is 302 g/mol. The molecule has 1 aliphatic rings. The highest BCUT2D eigenvalue weighted by Crippen LogP contribution is 2.12. The number of hydrogen-bond donors (Lipinski definition) is 2. The van der Waals surface area contributed by atoms with Gasteiger partial charge in [-0.05, 0) is 25.5 Å². The van der Waals surface area contributed by atoms with Crippen LogP contribution in [0.3, 0.4) is 0 Å². The third kappa shape index (κ3) is 5.06. The summed E-state index contributed by atoms with van der Waals surface area (Å²) in [6.45, 7) is 3.55. The van der Waals surface area contributed by atoms with E-state index in [4.69, 9.17) is 4.74 Å². The van der Waals surface area contributed by atoms with Gasteiger partial charge < -0.3 is 20.1 Å². The predicted molar refractivity (Wildman–Crippen MR) is 84.3 cm³/mol. The van der Waals surface area contributed by atoms with Crippen LogP contribution in [0.2, 0.25) is 0 Å². The van der Waals surface area contributed by atoms with E-state index in [1.165, 1.54) is 0 Å². The van der Waals surface area contributed by atoms with Crippen molar-refractivity contribution < 1.29 is 14.6 Å². The highest BCUT2D eigenvalue weighted by Gasteiger charge is 2.27. The second kappa shape index (κ2) is 8.42. The van der Waals surface area contributed by atoms with Gasteiger partial charge in [-0.1, -0.05) is 30.0 Å². The number of aliphatic hydroxyl groups is 1. The van der Waals surface area contributed by atoms with Gasteiger partial charge in [0.25, 0.3) is 0 Å². The topological polar surface area (TPSA) is 61.8 Å². The summed E-state index contributed by atoms with van der Waals surface area (Å²) in [6, 6.07) is 9.40. The maximum atomic E-state index is 12.2. The van der Waals surface area contributed by atoms with E-state index in [0.717, 1.165) is 5.56 Å². The summed E-state index contributed by atoms with van der Waals surface area (Å²) in [5, 5.41) is 12.3. The zero-order valence-corrected chi connectivity index (χ0v) is 12.8. The average Bonchev–Trinajstić information content (AvgIpc) is 2.52. The number of aliphatic hydroxyl groups excluding tert-OH is 1. The van der Waals surface area contributed by atoms with Crippen molar-refractivity contribution in [2.45, 2.75) is 25.5 Å². The molecule has 1 saturated heterocycles. The second-order valence-corrected chi connectivity index (χ2v) is 5.33. The smallest absolute Gasteiger partial charge is 0.318 e. The predicted octanol–water partition coefficient (Wildman–Crippen LogP) is 1.22. The fraction of sp³-hybridized carbons (Fsp3) is 0.471. The first-order valence-electron chi connectivity index (χ1n) is 7.51. The summed E-state index contributed by atoms with van der Waals surface area (Å²) < 4.78 is 5.39. The Hall–Kier alpha value is -2.03. The molecule has 1 aliphatic heterocycles. The molecule has 0 aromatic heterocycles. The summed E-state index contributed by atoms with van der Waals surface area (Å²) in [5.74, 6) is 5.94. The quantitative estimate of drug-likeness (QED) is 0.825. The van der Waals surface area contributed by atoms with E-state index < -0.39 is 6.10 Å². The Bertz CT molecular complexity index is 534. The van der Waals surface area contributed by atoms with E-state index >= 15 is 0 Å². The summed E-state index contributed by atoms with van der Waals surface area (Å²) in [7, 11) is 0. The average molecular weight is 302 g/mol. The number of ether oxygens (including phenoxy) is 1. The van der Waals surface area contributed by atoms with Crippen LogP contribution >= 0.6 is 0 Å². The number of nitrogens with zero attached hydrogens (tertiary/aromatic N) is 1. The van der Waals surface area contributed by atoms with Crippen LogP contribution in [0.1, 0.15) is 18.9 Å². The lowest BCUT2D eigenvalue weighted by molar-refractivity contribution is -0.00410. The largest absolute Gasteiger partial charge is 0.393 e. The minimum absolute atomic E-state index is 0.0872. The lowest BCUT2D eigenvalue weighted by atomic mass is 10.1. The molecule has 0 radical (unpaired) electrons. The van der Waals surface area contributed by atoms with Crippen LogP contribution in [0.15, 0.2) is 30.3 Å². The number of amides is 2. The molecule has 0 aliphatic carbocycles. The molecule has 1 aromatic rings. The van der Waals surface area contributed by atoms with Gasteiger partial charge in [-0.2, -0.15) is 0 Å². The molecule has 1 heterocycles. The molecule has 2 amide bonds. The summed E-state index contributed by atoms with van der Waals surface area (Å²) in [5.41, 5.74) is 0.926. The number of urea groups is 1. The molecular weight excluding hydrogens is 280 g/mol. The zero-order chi connectivity index (χ0) is 15.8. The van der Waals surface area contributed by atoms with Gasteiger partial charge in [0, 0.05) is 12.1 Å². The van der Waals surface area contributed by atoms with E-state index in [1.54, 1.807) is 11.8 Å². The molecule has 0 saturated carbocycles. The van der Waals surface area contributed by atoms with Gasteiger partial charge in [0.15, 0.2) is 0 Å². The number of morpholine rings is 1. The molecule has 5 nitrogen and oxygen atoms in total. The van der Waals surface area contributed by atoms with Gasteiger partial charge in [0.1, 0.15) is 0 Å². The number of nitrogens with one attached hydrogen (secondary N) is 1. The minimum Gasteiger partial charge on any atom is -0.393 e. The van der Waals surface area contributed by atoms with Crippen LogP contribution in [0.4, 0.5) is 4.79 Å². The van der Waals surface area contributed by atoms with Gasteiger partial charge in [0.2, 0.25) is 0 Å². The fourth-order valence-corrected chi connectivity index (χ4v) is 2.40. The second-order valence-electron chi connectivity index (χ2n) is 5.33. The van der Waals surface area contributed by atoms with Crippen LogP contribution < -0.4 is 5.32 Å². The fourth-order valence-electron chi connectivity index (χ4n) is 2.40. The third-order valence-electron chi connectivity index (χ3n) is 3.44. The first-order chi connectivity index (χ1) is 10.7. The van der Waals surface area contributed by atoms with Gasteiger partial charge >= 0.3 is 6.03 Å². The van der Waals surface area contributed by atoms with Crippen molar-refractivity contribution in [2.24, 2.45) is 0 Å². The van der Waals surface area contributed by atoms with Gasteiger partial charge in [-0.15, -0.1) is 0 Å². The molecule has 22 heavy (non-hydrogen) atoms. The molecule has 118 valence electrons. The number of benzene rings is 1. The molecule has 0 bridgehead atoms. The summed E-state index contributed by atoms with van der Waals surface area (Å²) >= 11 is 0. The molecular formula is C17H22N2O3. The minimum atomic E-state index is -0.458. The van der Waals surface area contributed by atoms with E-state index in [-0.39, 0.29) is 12.1 Å². The zero-order valence-electron chi connectivity index (χ0n) is 12.8. The summed E-state index contributed by atoms with van der Waals surface area (Å²) in [6.07, 6.45) is 0.0585. The highest BCUT2D eigenvalue weighted by molar-refractivity contribution is 5.75. The molecule has 2 rings (SSSR count). The molecule has 1 aromatic carbocycles. The van der Waals surface area contributed by atoms with Crippen LogP contribution in [0.5, 0.6) is 0 Å². The van der Waals surface area contributed by atoms with Gasteiger partial charge in [-0.25, -0.2) is 4.79 Å². The number of carbonyl (C=O) groups excluding carboxylic acids is 1. The number of hydrogen-bond acceptors (Lipinski definition) is 3. The normalized spacial score (nSPS) is 19.0. The van der Waals surface area contributed by atoms with E-state index in [0.29, 0.717) is 32.7 Å². The van der Waals surface area contributed by atoms with Crippen molar-refractivity contribution in [2.75, 3.05) is 26.3 Å². The van der Waals surface area contributed by atoms with Crippen LogP contribution in [-0.2, 0) is 4.74 Å². The Balaban J connectivity index is 1.84. The van der Waals surface area contributed by atoms with Crippen LogP contribution in [0, 0.1) is 11.8 Å². The highest BCUT2D eigenvalue weighted by atomic mass is 16.5. The van der Waals surface area contributed by atoms with Crippen molar-refractivity contribution >= 4 is 6.03 Å². The first kappa shape index (κ1) is 16.3. The van der Waals surface area contributed by atoms with Crippen molar-refractivity contribution in [3.05, 3.63) is 35.9 Å². The maximum Gasteiger partial charge on any atom is 0.318 e. The van der Waals surface area contributed by atoms with Crippen molar-refractivity contribution in [3.8, 4) is 11.8 Å². The van der Waals surface area contributed by atoms with Crippen molar-refractivity contribution in [1.29, 1.82) is 0 Å².